The Morgan fingerprint density at radius 1 is 0.727 bits per heavy atom. The number of anilines is 4. The van der Waals surface area contributed by atoms with Crippen LogP contribution in [-0.2, 0) is 0 Å². The van der Waals surface area contributed by atoms with E-state index in [1.807, 2.05) is 36.4 Å². The van der Waals surface area contributed by atoms with E-state index in [0.717, 1.165) is 39.4 Å². The van der Waals surface area contributed by atoms with Crippen molar-refractivity contribution in [3.05, 3.63) is 146 Å². The van der Waals surface area contributed by atoms with E-state index in [0.29, 0.717) is 0 Å². The number of rotatable bonds is 9. The third-order valence-electron chi connectivity index (χ3n) is 5.22. The van der Waals surface area contributed by atoms with Crippen molar-refractivity contribution in [2.75, 3.05) is 10.2 Å². The molecule has 4 aromatic carbocycles. The maximum Gasteiger partial charge on any atom is 0.194 e. The summed E-state index contributed by atoms with van der Waals surface area (Å²) in [5, 5.41) is 3.49. The first-order valence-corrected chi connectivity index (χ1v) is 10.9. The number of allylic oxidation sites excluding steroid dienone is 3. The van der Waals surface area contributed by atoms with E-state index in [2.05, 4.69) is 116 Å². The van der Waals surface area contributed by atoms with Gasteiger partial charge in [0.15, 0.2) is 7.28 Å². The van der Waals surface area contributed by atoms with Crippen molar-refractivity contribution < 1.29 is 0 Å². The molecule has 0 saturated heterocycles. The van der Waals surface area contributed by atoms with E-state index >= 15 is 0 Å². The molecule has 3 heteroatoms. The molecule has 0 heterocycles. The minimum Gasteiger partial charge on any atom is -0.355 e. The summed E-state index contributed by atoms with van der Waals surface area (Å²) in [6, 6.07) is 37.3. The molecule has 0 aliphatic heterocycles. The van der Waals surface area contributed by atoms with Gasteiger partial charge in [-0.25, -0.2) is 0 Å². The van der Waals surface area contributed by atoms with Crippen molar-refractivity contribution in [3.63, 3.8) is 0 Å². The number of hydrogen-bond acceptors (Lipinski definition) is 2. The van der Waals surface area contributed by atoms with Crippen LogP contribution in [0.2, 0.25) is 0 Å². The number of hydrogen-bond donors (Lipinski definition) is 1. The average Bonchev–Trinajstić information content (AvgIpc) is 2.86. The summed E-state index contributed by atoms with van der Waals surface area (Å²) in [6.45, 7) is 7.98. The second kappa shape index (κ2) is 10.9. The lowest BCUT2D eigenvalue weighted by Crippen LogP contribution is -2.32. The van der Waals surface area contributed by atoms with Crippen molar-refractivity contribution in [1.82, 2.24) is 0 Å². The van der Waals surface area contributed by atoms with Crippen LogP contribution in [-0.4, -0.2) is 7.28 Å². The highest BCUT2D eigenvalue weighted by molar-refractivity contribution is 6.68. The van der Waals surface area contributed by atoms with Crippen molar-refractivity contribution in [1.29, 1.82) is 0 Å². The van der Waals surface area contributed by atoms with Crippen LogP contribution in [0.15, 0.2) is 146 Å². The molecule has 0 aliphatic rings. The highest BCUT2D eigenvalue weighted by atomic mass is 15.1. The largest absolute Gasteiger partial charge is 0.355 e. The predicted octanol–water partition coefficient (Wildman–Crippen LogP) is 6.48. The van der Waals surface area contributed by atoms with Crippen molar-refractivity contribution in [2.24, 2.45) is 0 Å². The van der Waals surface area contributed by atoms with E-state index in [1.54, 1.807) is 6.08 Å². The van der Waals surface area contributed by atoms with Gasteiger partial charge in [-0.2, -0.15) is 0 Å². The Kier molecular flexibility index (Phi) is 7.24. The Labute approximate surface area is 197 Å². The van der Waals surface area contributed by atoms with E-state index in [1.165, 1.54) is 0 Å². The fourth-order valence-corrected chi connectivity index (χ4v) is 3.73. The summed E-state index contributed by atoms with van der Waals surface area (Å²) < 4.78 is 0. The predicted molar refractivity (Wildman–Crippen MR) is 145 cm³/mol. The molecule has 0 atom stereocenters. The lowest BCUT2D eigenvalue weighted by Gasteiger charge is -2.29. The SMILES string of the molecule is C=C/C=C(\C=C)N(c1cccc(Nc2ccccc2)c1)c1ccccc1[B]c1ccccc1. The van der Waals surface area contributed by atoms with Crippen LogP contribution in [0.4, 0.5) is 22.7 Å². The molecule has 0 bridgehead atoms. The molecule has 0 aromatic heterocycles. The normalized spacial score (nSPS) is 10.8. The fourth-order valence-electron chi connectivity index (χ4n) is 3.73. The van der Waals surface area contributed by atoms with Gasteiger partial charge in [-0.15, -0.1) is 0 Å². The molecule has 1 radical (unpaired) electrons. The quantitative estimate of drug-likeness (QED) is 0.244. The lowest BCUT2D eigenvalue weighted by atomic mass is 9.63. The zero-order valence-electron chi connectivity index (χ0n) is 18.6. The molecule has 0 saturated carbocycles. The Morgan fingerprint density at radius 2 is 1.39 bits per heavy atom. The van der Waals surface area contributed by atoms with Crippen molar-refractivity contribution in [3.8, 4) is 0 Å². The second-order valence-electron chi connectivity index (χ2n) is 7.52. The van der Waals surface area contributed by atoms with Gasteiger partial charge < -0.3 is 10.2 Å². The molecule has 4 rings (SSSR count). The molecule has 0 aliphatic carbocycles. The molecular formula is C30H26BN2. The Morgan fingerprint density at radius 3 is 2.12 bits per heavy atom. The summed E-state index contributed by atoms with van der Waals surface area (Å²) >= 11 is 0. The van der Waals surface area contributed by atoms with Crippen LogP contribution in [0.1, 0.15) is 0 Å². The van der Waals surface area contributed by atoms with Gasteiger partial charge in [-0.05, 0) is 48.6 Å². The molecule has 4 aromatic rings. The van der Waals surface area contributed by atoms with Gasteiger partial charge in [-0.3, -0.25) is 0 Å². The summed E-state index contributed by atoms with van der Waals surface area (Å²) in [7, 11) is 2.20. The molecule has 1 N–H and O–H groups in total. The molecule has 0 spiro atoms. The number of nitrogens with zero attached hydrogens (tertiary/aromatic N) is 1. The molecular weight excluding hydrogens is 399 g/mol. The van der Waals surface area contributed by atoms with Crippen molar-refractivity contribution in [2.45, 2.75) is 0 Å². The Balaban J connectivity index is 1.78. The van der Waals surface area contributed by atoms with E-state index in [9.17, 15) is 0 Å². The van der Waals surface area contributed by atoms with Gasteiger partial charge in [0.1, 0.15) is 0 Å². The summed E-state index contributed by atoms with van der Waals surface area (Å²) in [5.41, 5.74) is 7.35. The van der Waals surface area contributed by atoms with Crippen LogP contribution in [0.25, 0.3) is 0 Å². The van der Waals surface area contributed by atoms with Gasteiger partial charge in [0, 0.05) is 28.4 Å². The van der Waals surface area contributed by atoms with Gasteiger partial charge in [-0.1, -0.05) is 103 Å². The maximum absolute atomic E-state index is 4.07. The first-order chi connectivity index (χ1) is 16.3. The van der Waals surface area contributed by atoms with Crippen LogP contribution in [0.5, 0.6) is 0 Å². The van der Waals surface area contributed by atoms with Crippen LogP contribution >= 0.6 is 0 Å². The zero-order chi connectivity index (χ0) is 22.9. The van der Waals surface area contributed by atoms with Gasteiger partial charge in [0.05, 0.1) is 0 Å². The fraction of sp³-hybridized carbons (Fsp3) is 0. The average molecular weight is 425 g/mol. The van der Waals surface area contributed by atoms with Gasteiger partial charge in [0.2, 0.25) is 0 Å². The standard InChI is InChI=1S/C30H26BN2/c1-3-14-27(4-2)33(28-20-13-19-26(23-28)32-25-17-9-6-10-18-25)30-22-12-11-21-29(30)31-24-15-7-5-8-16-24/h3-23,32H,1-2H2/b27-14+. The first-order valence-electron chi connectivity index (χ1n) is 10.9. The second-order valence-corrected chi connectivity index (χ2v) is 7.52. The molecule has 2 nitrogen and oxygen atoms in total. The van der Waals surface area contributed by atoms with Gasteiger partial charge >= 0.3 is 0 Å². The monoisotopic (exact) mass is 425 g/mol. The summed E-state index contributed by atoms with van der Waals surface area (Å²) in [6.07, 6.45) is 5.63. The highest BCUT2D eigenvalue weighted by Gasteiger charge is 2.17. The minimum atomic E-state index is 0.941. The van der Waals surface area contributed by atoms with E-state index in [-0.39, 0.29) is 0 Å². The number of nitrogens with one attached hydrogen (secondary N) is 1. The summed E-state index contributed by atoms with van der Waals surface area (Å²) in [4.78, 5) is 2.21. The Bertz CT molecular complexity index is 1250. The van der Waals surface area contributed by atoms with E-state index < -0.39 is 0 Å². The molecule has 0 amide bonds. The highest BCUT2D eigenvalue weighted by Crippen LogP contribution is 2.32. The third kappa shape index (κ3) is 5.52. The lowest BCUT2D eigenvalue weighted by molar-refractivity contribution is 1.22. The van der Waals surface area contributed by atoms with Gasteiger partial charge in [0.25, 0.3) is 0 Å². The molecule has 0 unspecified atom stereocenters. The maximum atomic E-state index is 4.07. The summed E-state index contributed by atoms with van der Waals surface area (Å²) in [5.74, 6) is 0. The van der Waals surface area contributed by atoms with E-state index in [4.69, 9.17) is 0 Å². The molecule has 0 fully saturated rings. The third-order valence-corrected chi connectivity index (χ3v) is 5.22. The van der Waals surface area contributed by atoms with Crippen molar-refractivity contribution >= 4 is 41.0 Å². The Hall–Kier alpha value is -4.24. The molecule has 33 heavy (non-hydrogen) atoms. The van der Waals surface area contributed by atoms with Crippen LogP contribution < -0.4 is 21.1 Å². The number of benzene rings is 4. The first kappa shape index (κ1) is 22.0. The minimum absolute atomic E-state index is 0.941. The zero-order valence-corrected chi connectivity index (χ0v) is 18.6. The topological polar surface area (TPSA) is 15.3 Å². The van der Waals surface area contributed by atoms with Crippen LogP contribution in [0.3, 0.4) is 0 Å². The molecule has 159 valence electrons. The van der Waals surface area contributed by atoms with Crippen LogP contribution in [0, 0.1) is 0 Å². The number of para-hydroxylation sites is 2. The smallest absolute Gasteiger partial charge is 0.194 e.